The Hall–Kier alpha value is -0.120. The maximum absolute atomic E-state index is 3.51. The van der Waals surface area contributed by atoms with Crippen LogP contribution >= 0.6 is 0 Å². The van der Waals surface area contributed by atoms with Gasteiger partial charge in [0, 0.05) is 12.6 Å². The van der Waals surface area contributed by atoms with Crippen molar-refractivity contribution in [3.05, 3.63) is 0 Å². The van der Waals surface area contributed by atoms with Gasteiger partial charge in [-0.25, -0.2) is 0 Å². The van der Waals surface area contributed by atoms with Crippen molar-refractivity contribution in [1.29, 1.82) is 0 Å². The average molecular weight is 225 g/mol. The van der Waals surface area contributed by atoms with Crippen LogP contribution in [0.4, 0.5) is 0 Å². The van der Waals surface area contributed by atoms with Crippen molar-refractivity contribution in [2.75, 3.05) is 46.8 Å². The zero-order valence-corrected chi connectivity index (χ0v) is 10.9. The molecule has 0 aromatic heterocycles. The number of rotatable bonds is 4. The zero-order chi connectivity index (χ0) is 11.4. The van der Waals surface area contributed by atoms with E-state index in [0.29, 0.717) is 0 Å². The number of nitrogens with one attached hydrogen (secondary N) is 1. The monoisotopic (exact) mass is 225 g/mol. The molecule has 2 unspecified atom stereocenters. The van der Waals surface area contributed by atoms with E-state index in [1.165, 1.54) is 58.4 Å². The van der Waals surface area contributed by atoms with Crippen LogP contribution in [0.5, 0.6) is 0 Å². The van der Waals surface area contributed by atoms with E-state index in [0.717, 1.165) is 12.0 Å². The van der Waals surface area contributed by atoms with Crippen LogP contribution in [0.1, 0.15) is 25.7 Å². The van der Waals surface area contributed by atoms with E-state index in [2.05, 4.69) is 29.2 Å². The Kier molecular flexibility index (Phi) is 4.62. The maximum Gasteiger partial charge on any atom is 0.0229 e. The summed E-state index contributed by atoms with van der Waals surface area (Å²) in [5, 5.41) is 3.51. The first-order valence-electron chi connectivity index (χ1n) is 6.85. The Labute approximate surface area is 100 Å². The highest BCUT2D eigenvalue weighted by Crippen LogP contribution is 2.18. The fraction of sp³-hybridized carbons (Fsp3) is 1.00. The minimum absolute atomic E-state index is 0.796. The molecule has 3 nitrogen and oxygen atoms in total. The summed E-state index contributed by atoms with van der Waals surface area (Å²) in [6.07, 6.45) is 5.58. The van der Waals surface area contributed by atoms with E-state index in [9.17, 15) is 0 Å². The zero-order valence-electron chi connectivity index (χ0n) is 10.9. The molecule has 0 amide bonds. The topological polar surface area (TPSA) is 18.5 Å². The smallest absolute Gasteiger partial charge is 0.0229 e. The van der Waals surface area contributed by atoms with Gasteiger partial charge in [0.15, 0.2) is 0 Å². The number of piperidine rings is 1. The second kappa shape index (κ2) is 5.99. The molecule has 0 spiro atoms. The maximum atomic E-state index is 3.51. The summed E-state index contributed by atoms with van der Waals surface area (Å²) in [5.74, 6) is 0.937. The highest BCUT2D eigenvalue weighted by atomic mass is 15.2. The molecule has 2 aliphatic rings. The summed E-state index contributed by atoms with van der Waals surface area (Å²) >= 11 is 0. The molecule has 2 fully saturated rings. The molecule has 0 bridgehead atoms. The van der Waals surface area contributed by atoms with Gasteiger partial charge in [0.2, 0.25) is 0 Å². The van der Waals surface area contributed by atoms with Crippen molar-refractivity contribution in [3.63, 3.8) is 0 Å². The molecule has 1 N–H and O–H groups in total. The van der Waals surface area contributed by atoms with Crippen LogP contribution in [0.2, 0.25) is 0 Å². The van der Waals surface area contributed by atoms with Gasteiger partial charge in [-0.05, 0) is 71.9 Å². The first-order chi connectivity index (χ1) is 7.75. The van der Waals surface area contributed by atoms with Gasteiger partial charge < -0.3 is 15.1 Å². The van der Waals surface area contributed by atoms with Crippen molar-refractivity contribution in [2.24, 2.45) is 5.92 Å². The third kappa shape index (κ3) is 3.44. The lowest BCUT2D eigenvalue weighted by atomic mass is 9.96. The molecule has 2 saturated heterocycles. The van der Waals surface area contributed by atoms with E-state index in [1.54, 1.807) is 0 Å². The van der Waals surface area contributed by atoms with Gasteiger partial charge >= 0.3 is 0 Å². The fourth-order valence-corrected chi connectivity index (χ4v) is 2.97. The van der Waals surface area contributed by atoms with Gasteiger partial charge in [-0.3, -0.25) is 0 Å². The summed E-state index contributed by atoms with van der Waals surface area (Å²) in [5.41, 5.74) is 0. The first kappa shape index (κ1) is 12.3. The quantitative estimate of drug-likeness (QED) is 0.770. The van der Waals surface area contributed by atoms with Gasteiger partial charge in [-0.15, -0.1) is 0 Å². The highest BCUT2D eigenvalue weighted by molar-refractivity contribution is 4.81. The van der Waals surface area contributed by atoms with Crippen molar-refractivity contribution >= 4 is 0 Å². The Morgan fingerprint density at radius 3 is 2.81 bits per heavy atom. The Morgan fingerprint density at radius 1 is 1.31 bits per heavy atom. The highest BCUT2D eigenvalue weighted by Gasteiger charge is 2.24. The summed E-state index contributed by atoms with van der Waals surface area (Å²) in [6.45, 7) is 6.40. The third-order valence-corrected chi connectivity index (χ3v) is 4.23. The van der Waals surface area contributed by atoms with Crippen molar-refractivity contribution in [2.45, 2.75) is 31.7 Å². The van der Waals surface area contributed by atoms with Crippen LogP contribution in [0.15, 0.2) is 0 Å². The van der Waals surface area contributed by atoms with Gasteiger partial charge in [0.25, 0.3) is 0 Å². The molecule has 0 aromatic rings. The summed E-state index contributed by atoms with van der Waals surface area (Å²) in [7, 11) is 4.42. The minimum atomic E-state index is 0.796. The van der Waals surface area contributed by atoms with Gasteiger partial charge in [0.05, 0.1) is 0 Å². The molecule has 0 aromatic carbocycles. The predicted molar refractivity (Wildman–Crippen MR) is 68.7 cm³/mol. The number of nitrogens with zero attached hydrogens (tertiary/aromatic N) is 2. The summed E-state index contributed by atoms with van der Waals surface area (Å²) in [4.78, 5) is 5.03. The first-order valence-corrected chi connectivity index (χ1v) is 6.85. The molecular formula is C13H27N3. The molecule has 3 heteroatoms. The van der Waals surface area contributed by atoms with Crippen molar-refractivity contribution in [3.8, 4) is 0 Å². The van der Waals surface area contributed by atoms with Crippen molar-refractivity contribution < 1.29 is 0 Å². The Balaban J connectivity index is 1.63. The number of hydrogen-bond donors (Lipinski definition) is 1. The summed E-state index contributed by atoms with van der Waals surface area (Å²) < 4.78 is 0. The molecule has 2 aliphatic heterocycles. The second-order valence-electron chi connectivity index (χ2n) is 5.71. The summed E-state index contributed by atoms with van der Waals surface area (Å²) in [6, 6.07) is 0.796. The minimum Gasteiger partial charge on any atom is -0.316 e. The molecule has 2 rings (SSSR count). The van der Waals surface area contributed by atoms with Crippen molar-refractivity contribution in [1.82, 2.24) is 15.1 Å². The number of likely N-dealkylation sites (N-methyl/N-ethyl adjacent to an activating group) is 1. The van der Waals surface area contributed by atoms with Gasteiger partial charge in [-0.1, -0.05) is 0 Å². The lowest BCUT2D eigenvalue weighted by molar-refractivity contribution is 0.245. The lowest BCUT2D eigenvalue weighted by Crippen LogP contribution is -2.34. The van der Waals surface area contributed by atoms with Crippen LogP contribution in [-0.2, 0) is 0 Å². The number of likely N-dealkylation sites (tertiary alicyclic amines) is 1. The molecular weight excluding hydrogens is 198 g/mol. The van der Waals surface area contributed by atoms with Crippen LogP contribution in [0.25, 0.3) is 0 Å². The van der Waals surface area contributed by atoms with E-state index < -0.39 is 0 Å². The van der Waals surface area contributed by atoms with Crippen LogP contribution < -0.4 is 5.32 Å². The van der Waals surface area contributed by atoms with Crippen LogP contribution in [-0.4, -0.2) is 62.7 Å². The standard InChI is InChI=1S/C13H27N3/c1-15(2)13-6-9-16(11-13)8-5-12-4-3-7-14-10-12/h12-14H,3-11H2,1-2H3. The van der Waals surface area contributed by atoms with E-state index in [-0.39, 0.29) is 0 Å². The van der Waals surface area contributed by atoms with E-state index in [4.69, 9.17) is 0 Å². The van der Waals surface area contributed by atoms with Crippen LogP contribution in [0.3, 0.4) is 0 Å². The molecule has 2 heterocycles. The SMILES string of the molecule is CN(C)C1CCN(CCC2CCCNC2)C1. The predicted octanol–water partition coefficient (Wildman–Crippen LogP) is 1.01. The molecule has 94 valence electrons. The Bertz CT molecular complexity index is 199. The third-order valence-electron chi connectivity index (χ3n) is 4.23. The average Bonchev–Trinajstić information content (AvgIpc) is 2.76. The molecule has 2 atom stereocenters. The van der Waals surface area contributed by atoms with Gasteiger partial charge in [0.1, 0.15) is 0 Å². The molecule has 16 heavy (non-hydrogen) atoms. The Morgan fingerprint density at radius 2 is 2.19 bits per heavy atom. The molecule has 0 aliphatic carbocycles. The lowest BCUT2D eigenvalue weighted by Gasteiger charge is -2.25. The number of hydrogen-bond acceptors (Lipinski definition) is 3. The second-order valence-corrected chi connectivity index (χ2v) is 5.71. The van der Waals surface area contributed by atoms with Gasteiger partial charge in [-0.2, -0.15) is 0 Å². The molecule has 0 saturated carbocycles. The largest absolute Gasteiger partial charge is 0.316 e. The fourth-order valence-electron chi connectivity index (χ4n) is 2.97. The molecule has 0 radical (unpaired) electrons. The van der Waals surface area contributed by atoms with E-state index in [1.807, 2.05) is 0 Å². The van der Waals surface area contributed by atoms with E-state index >= 15 is 0 Å². The van der Waals surface area contributed by atoms with Crippen LogP contribution in [0, 0.1) is 5.92 Å². The normalized spacial score (nSPS) is 32.4.